The van der Waals surface area contributed by atoms with Crippen LogP contribution in [0.4, 0.5) is 24.5 Å². The van der Waals surface area contributed by atoms with E-state index >= 15 is 0 Å². The number of ether oxygens (including phenoxy) is 1. The number of nitrogens with zero attached hydrogens (tertiary/aromatic N) is 4. The molecule has 0 spiro atoms. The molecule has 1 aliphatic rings. The number of aliphatic hydroxyl groups excluding tert-OH is 1. The minimum atomic E-state index is -4.42. The molecule has 0 atom stereocenters. The average molecular weight is 555 g/mol. The van der Waals surface area contributed by atoms with Gasteiger partial charge < -0.3 is 25.4 Å². The summed E-state index contributed by atoms with van der Waals surface area (Å²) in [5, 5.41) is 16.0. The number of hydrogen-bond donors (Lipinski definition) is 3. The molecule has 0 saturated carbocycles. The fourth-order valence-corrected chi connectivity index (χ4v) is 4.08. The highest BCUT2D eigenvalue weighted by Gasteiger charge is 2.31. The van der Waals surface area contributed by atoms with Crippen molar-refractivity contribution < 1.29 is 27.8 Å². The molecule has 0 bridgehead atoms. The maximum Gasteiger partial charge on any atom is 0.433 e. The number of halogens is 3. The molecule has 4 aromatic rings. The van der Waals surface area contributed by atoms with Gasteiger partial charge in [-0.05, 0) is 66.9 Å². The lowest BCUT2D eigenvalue weighted by molar-refractivity contribution is -0.141. The third-order valence-electron chi connectivity index (χ3n) is 6.28. The number of aliphatic hydroxyl groups is 1. The number of piperidine rings is 1. The number of anilines is 2. The summed E-state index contributed by atoms with van der Waals surface area (Å²) < 4.78 is 42.1. The van der Waals surface area contributed by atoms with Gasteiger partial charge in [-0.15, -0.1) is 0 Å². The highest BCUT2D eigenvalue weighted by molar-refractivity contribution is 5.86. The molecule has 1 fully saturated rings. The van der Waals surface area contributed by atoms with Gasteiger partial charge in [0.1, 0.15) is 17.8 Å². The molecule has 12 heteroatoms. The van der Waals surface area contributed by atoms with E-state index in [2.05, 4.69) is 42.6 Å². The summed E-state index contributed by atoms with van der Waals surface area (Å²) in [6.07, 6.45) is 0.0949. The van der Waals surface area contributed by atoms with Crippen LogP contribution in [0.1, 0.15) is 24.1 Å². The highest BCUT2D eigenvalue weighted by Crippen LogP contribution is 2.31. The SMILES string of the molecule is CNc1ccc(Oc2ncnc3cc(N4CCC(O)CC4)ccc23)cc1.O=CNCc1ccc(C(F)(F)F)nc1. The Kier molecular flexibility index (Phi) is 9.33. The van der Waals surface area contributed by atoms with Crippen LogP contribution in [-0.2, 0) is 17.5 Å². The maximum atomic E-state index is 12.0. The van der Waals surface area contributed by atoms with Crippen molar-refractivity contribution in [3.05, 3.63) is 78.4 Å². The molecule has 2 aromatic heterocycles. The van der Waals surface area contributed by atoms with Crippen LogP contribution in [0.5, 0.6) is 11.6 Å². The Hall–Kier alpha value is -4.45. The molecular formula is C28H29F3N6O3. The molecule has 9 nitrogen and oxygen atoms in total. The minimum Gasteiger partial charge on any atom is -0.438 e. The molecular weight excluding hydrogens is 525 g/mol. The Labute approximate surface area is 229 Å². The van der Waals surface area contributed by atoms with Gasteiger partial charge in [-0.1, -0.05) is 6.07 Å². The number of fused-ring (bicyclic) bond motifs is 1. The van der Waals surface area contributed by atoms with Gasteiger partial charge in [0.05, 0.1) is 17.0 Å². The normalized spacial score (nSPS) is 13.8. The van der Waals surface area contributed by atoms with Crippen molar-refractivity contribution in [2.45, 2.75) is 31.7 Å². The van der Waals surface area contributed by atoms with Gasteiger partial charge in [-0.2, -0.15) is 13.2 Å². The fourth-order valence-electron chi connectivity index (χ4n) is 4.08. The Morgan fingerprint density at radius 1 is 1.05 bits per heavy atom. The van der Waals surface area contributed by atoms with Gasteiger partial charge in [-0.3, -0.25) is 9.78 Å². The van der Waals surface area contributed by atoms with E-state index in [-0.39, 0.29) is 12.6 Å². The number of benzene rings is 2. The van der Waals surface area contributed by atoms with E-state index in [1.165, 1.54) is 12.4 Å². The molecule has 40 heavy (non-hydrogen) atoms. The smallest absolute Gasteiger partial charge is 0.433 e. The largest absolute Gasteiger partial charge is 0.438 e. The molecule has 1 saturated heterocycles. The lowest BCUT2D eigenvalue weighted by Gasteiger charge is -2.31. The molecule has 0 unspecified atom stereocenters. The number of nitrogens with one attached hydrogen (secondary N) is 2. The molecule has 1 amide bonds. The van der Waals surface area contributed by atoms with E-state index in [4.69, 9.17) is 4.74 Å². The summed E-state index contributed by atoms with van der Waals surface area (Å²) in [5.74, 6) is 1.28. The highest BCUT2D eigenvalue weighted by atomic mass is 19.4. The predicted molar refractivity (Wildman–Crippen MR) is 145 cm³/mol. The summed E-state index contributed by atoms with van der Waals surface area (Å²) in [4.78, 5) is 24.1. The first-order valence-corrected chi connectivity index (χ1v) is 12.6. The fraction of sp³-hybridized carbons (Fsp3) is 0.286. The van der Waals surface area contributed by atoms with Crippen LogP contribution in [0.15, 0.2) is 67.1 Å². The minimum absolute atomic E-state index is 0.175. The van der Waals surface area contributed by atoms with Gasteiger partial charge in [0, 0.05) is 44.3 Å². The Balaban J connectivity index is 0.000000224. The number of alkyl halides is 3. The summed E-state index contributed by atoms with van der Waals surface area (Å²) in [6, 6.07) is 16.0. The van der Waals surface area contributed by atoms with E-state index < -0.39 is 11.9 Å². The topological polar surface area (TPSA) is 113 Å². The summed E-state index contributed by atoms with van der Waals surface area (Å²) in [7, 11) is 1.88. The Bertz CT molecular complexity index is 1390. The first-order chi connectivity index (χ1) is 19.3. The van der Waals surface area contributed by atoms with E-state index in [0.29, 0.717) is 17.9 Å². The zero-order valence-electron chi connectivity index (χ0n) is 21.7. The number of pyridine rings is 1. The van der Waals surface area contributed by atoms with Crippen molar-refractivity contribution in [1.82, 2.24) is 20.3 Å². The molecule has 5 rings (SSSR count). The van der Waals surface area contributed by atoms with Crippen LogP contribution in [0.25, 0.3) is 10.9 Å². The first kappa shape index (κ1) is 28.6. The summed E-state index contributed by atoms with van der Waals surface area (Å²) in [5.41, 5.74) is 2.58. The average Bonchev–Trinajstić information content (AvgIpc) is 2.97. The van der Waals surface area contributed by atoms with E-state index in [1.807, 2.05) is 37.4 Å². The van der Waals surface area contributed by atoms with Crippen molar-refractivity contribution >= 4 is 28.7 Å². The van der Waals surface area contributed by atoms with Crippen molar-refractivity contribution in [2.75, 3.05) is 30.4 Å². The summed E-state index contributed by atoms with van der Waals surface area (Å²) in [6.45, 7) is 1.90. The van der Waals surface area contributed by atoms with Gasteiger partial charge in [0.25, 0.3) is 0 Å². The standard InChI is InChI=1S/C20H22N4O2.C8H7F3N2O/c1-21-14-2-5-17(6-3-14)26-20-18-7-4-15(12-19(18)22-13-23-20)24-10-8-16(25)9-11-24;9-8(10,11)7-2-1-6(4-13-7)3-12-5-14/h2-7,12-13,16,21,25H,8-11H2,1H3;1-2,4-5H,3H2,(H,12,14). The molecule has 0 radical (unpaired) electrons. The number of aromatic nitrogens is 3. The number of hydrogen-bond acceptors (Lipinski definition) is 8. The summed E-state index contributed by atoms with van der Waals surface area (Å²) >= 11 is 0. The lowest BCUT2D eigenvalue weighted by Crippen LogP contribution is -2.35. The second-order valence-electron chi connectivity index (χ2n) is 9.02. The second-order valence-corrected chi connectivity index (χ2v) is 9.02. The van der Waals surface area contributed by atoms with E-state index in [1.54, 1.807) is 0 Å². The zero-order chi connectivity index (χ0) is 28.5. The van der Waals surface area contributed by atoms with Crippen LogP contribution >= 0.6 is 0 Å². The molecule has 3 N–H and O–H groups in total. The van der Waals surface area contributed by atoms with Gasteiger partial charge in [0.15, 0.2) is 0 Å². The van der Waals surface area contributed by atoms with Gasteiger partial charge in [0.2, 0.25) is 12.3 Å². The quantitative estimate of drug-likeness (QED) is 0.280. The number of carbonyl (C=O) groups is 1. The van der Waals surface area contributed by atoms with Crippen molar-refractivity contribution in [3.8, 4) is 11.6 Å². The van der Waals surface area contributed by atoms with Crippen molar-refractivity contribution in [3.63, 3.8) is 0 Å². The second kappa shape index (κ2) is 13.1. The molecule has 210 valence electrons. The van der Waals surface area contributed by atoms with Crippen LogP contribution in [0.2, 0.25) is 0 Å². The maximum absolute atomic E-state index is 12.0. The monoisotopic (exact) mass is 554 g/mol. The van der Waals surface area contributed by atoms with Crippen molar-refractivity contribution in [1.29, 1.82) is 0 Å². The molecule has 3 heterocycles. The third kappa shape index (κ3) is 7.56. The number of rotatable bonds is 7. The predicted octanol–water partition coefficient (Wildman–Crippen LogP) is 4.77. The molecule has 2 aromatic carbocycles. The number of carbonyl (C=O) groups excluding carboxylic acids is 1. The van der Waals surface area contributed by atoms with E-state index in [0.717, 1.165) is 66.2 Å². The van der Waals surface area contributed by atoms with Gasteiger partial charge >= 0.3 is 6.18 Å². The van der Waals surface area contributed by atoms with Crippen LogP contribution in [0, 0.1) is 0 Å². The number of amides is 1. The Morgan fingerprint density at radius 3 is 2.42 bits per heavy atom. The first-order valence-electron chi connectivity index (χ1n) is 12.6. The third-order valence-corrected chi connectivity index (χ3v) is 6.28. The van der Waals surface area contributed by atoms with Crippen LogP contribution in [-0.4, -0.2) is 52.7 Å². The van der Waals surface area contributed by atoms with Crippen LogP contribution < -0.4 is 20.3 Å². The zero-order valence-corrected chi connectivity index (χ0v) is 21.7. The Morgan fingerprint density at radius 2 is 1.80 bits per heavy atom. The molecule has 0 aliphatic carbocycles. The van der Waals surface area contributed by atoms with Crippen molar-refractivity contribution in [2.24, 2.45) is 0 Å². The van der Waals surface area contributed by atoms with E-state index in [9.17, 15) is 23.1 Å². The van der Waals surface area contributed by atoms with Crippen LogP contribution in [0.3, 0.4) is 0 Å². The van der Waals surface area contributed by atoms with Gasteiger partial charge in [-0.25, -0.2) is 9.97 Å². The lowest BCUT2D eigenvalue weighted by atomic mass is 10.1. The molecule has 1 aliphatic heterocycles.